The Hall–Kier alpha value is -3.65. The van der Waals surface area contributed by atoms with E-state index in [1.54, 1.807) is 7.11 Å². The van der Waals surface area contributed by atoms with Gasteiger partial charge in [-0.1, -0.05) is 13.0 Å². The van der Waals surface area contributed by atoms with Crippen LogP contribution in [0.4, 0.5) is 11.5 Å². The highest BCUT2D eigenvalue weighted by molar-refractivity contribution is 5.84. The summed E-state index contributed by atoms with van der Waals surface area (Å²) < 4.78 is 7.16. The van der Waals surface area contributed by atoms with E-state index >= 15 is 0 Å². The van der Waals surface area contributed by atoms with Crippen molar-refractivity contribution in [3.8, 4) is 17.0 Å². The average Bonchev–Trinajstić information content (AvgIpc) is 3.31. The molecule has 2 unspecified atom stereocenters. The summed E-state index contributed by atoms with van der Waals surface area (Å²) in [5, 5.41) is 8.06. The van der Waals surface area contributed by atoms with Gasteiger partial charge >= 0.3 is 0 Å². The minimum absolute atomic E-state index is 0.558. The summed E-state index contributed by atoms with van der Waals surface area (Å²) >= 11 is 0. The highest BCUT2D eigenvalue weighted by Crippen LogP contribution is 2.36. The molecule has 0 saturated carbocycles. The van der Waals surface area contributed by atoms with Crippen LogP contribution in [-0.4, -0.2) is 63.3 Å². The van der Waals surface area contributed by atoms with Crippen molar-refractivity contribution in [3.05, 3.63) is 66.2 Å². The molecule has 2 atom stereocenters. The number of fused-ring (bicyclic) bond motifs is 3. The van der Waals surface area contributed by atoms with Crippen LogP contribution in [0.5, 0.6) is 5.88 Å². The molecule has 3 saturated heterocycles. The van der Waals surface area contributed by atoms with Gasteiger partial charge < -0.3 is 15.0 Å². The molecule has 0 spiro atoms. The first-order valence-corrected chi connectivity index (χ1v) is 12.8. The third-order valence-corrected chi connectivity index (χ3v) is 7.47. The lowest BCUT2D eigenvalue weighted by molar-refractivity contribution is -0.00876. The van der Waals surface area contributed by atoms with Crippen LogP contribution in [0.25, 0.3) is 16.6 Å². The molecular weight excluding hydrogens is 450 g/mol. The number of piperidine rings is 1. The summed E-state index contributed by atoms with van der Waals surface area (Å²) in [5.74, 6) is 1.72. The zero-order valence-corrected chi connectivity index (χ0v) is 21.2. The summed E-state index contributed by atoms with van der Waals surface area (Å²) in [6, 6.07) is 11.8. The molecule has 7 rings (SSSR count). The molecule has 3 fully saturated rings. The number of anilines is 2. The van der Waals surface area contributed by atoms with E-state index in [1.165, 1.54) is 17.5 Å². The number of nitrogens with one attached hydrogen (secondary N) is 1. The second-order valence-electron chi connectivity index (χ2n) is 9.92. The number of ether oxygens (including phenoxy) is 1. The van der Waals surface area contributed by atoms with Gasteiger partial charge in [-0.2, -0.15) is 5.10 Å². The predicted molar refractivity (Wildman–Crippen MR) is 143 cm³/mol. The van der Waals surface area contributed by atoms with Crippen molar-refractivity contribution in [3.63, 3.8) is 0 Å². The zero-order chi connectivity index (χ0) is 24.6. The summed E-state index contributed by atoms with van der Waals surface area (Å²) in [4.78, 5) is 14.3. The van der Waals surface area contributed by atoms with Gasteiger partial charge in [0.05, 0.1) is 30.7 Å². The molecule has 4 aromatic rings. The minimum Gasteiger partial charge on any atom is -0.481 e. The Morgan fingerprint density at radius 1 is 1.06 bits per heavy atom. The summed E-state index contributed by atoms with van der Waals surface area (Å²) in [5.41, 5.74) is 6.89. The van der Waals surface area contributed by atoms with Crippen LogP contribution in [-0.2, 0) is 6.54 Å². The molecule has 8 heteroatoms. The predicted octanol–water partition coefficient (Wildman–Crippen LogP) is 4.39. The molecule has 3 aliphatic heterocycles. The van der Waals surface area contributed by atoms with Gasteiger partial charge in [-0.25, -0.2) is 14.5 Å². The Labute approximate surface area is 211 Å². The topological polar surface area (TPSA) is 70.8 Å². The molecular formula is C28H33N7O. The molecule has 36 heavy (non-hydrogen) atoms. The Bertz CT molecular complexity index is 1340. The Morgan fingerprint density at radius 2 is 1.92 bits per heavy atom. The highest BCUT2D eigenvalue weighted by atomic mass is 16.5. The summed E-state index contributed by atoms with van der Waals surface area (Å²) in [7, 11) is 1.65. The number of nitrogens with zero attached hydrogens (tertiary/aromatic N) is 6. The molecule has 0 aliphatic carbocycles. The van der Waals surface area contributed by atoms with Crippen molar-refractivity contribution in [2.24, 2.45) is 0 Å². The van der Waals surface area contributed by atoms with Crippen molar-refractivity contribution in [2.45, 2.75) is 45.3 Å². The smallest absolute Gasteiger partial charge is 0.212 e. The largest absolute Gasteiger partial charge is 0.481 e. The minimum atomic E-state index is 0.558. The fraction of sp³-hybridized carbons (Fsp3) is 0.393. The number of rotatable bonds is 8. The van der Waals surface area contributed by atoms with E-state index in [9.17, 15) is 0 Å². The van der Waals surface area contributed by atoms with Crippen molar-refractivity contribution < 1.29 is 4.74 Å². The van der Waals surface area contributed by atoms with Gasteiger partial charge in [0.1, 0.15) is 5.82 Å². The van der Waals surface area contributed by atoms with E-state index in [1.807, 2.05) is 29.2 Å². The Kier molecular flexibility index (Phi) is 5.97. The Morgan fingerprint density at radius 3 is 2.61 bits per heavy atom. The molecule has 1 N–H and O–H groups in total. The van der Waals surface area contributed by atoms with E-state index in [2.05, 4.69) is 69.5 Å². The number of aromatic nitrogens is 4. The maximum absolute atomic E-state index is 5.19. The van der Waals surface area contributed by atoms with Gasteiger partial charge in [-0.3, -0.25) is 4.90 Å². The molecule has 4 aromatic heterocycles. The van der Waals surface area contributed by atoms with Crippen molar-refractivity contribution in [1.82, 2.24) is 24.5 Å². The van der Waals surface area contributed by atoms with Crippen LogP contribution in [0.3, 0.4) is 0 Å². The van der Waals surface area contributed by atoms with E-state index in [-0.39, 0.29) is 0 Å². The van der Waals surface area contributed by atoms with Gasteiger partial charge in [0.2, 0.25) is 5.88 Å². The molecule has 0 radical (unpaired) electrons. The highest BCUT2D eigenvalue weighted by Gasteiger charge is 2.44. The summed E-state index contributed by atoms with van der Waals surface area (Å²) in [6.07, 6.45) is 10.3. The van der Waals surface area contributed by atoms with Crippen LogP contribution >= 0.6 is 0 Å². The van der Waals surface area contributed by atoms with Crippen LogP contribution in [0.1, 0.15) is 30.9 Å². The third-order valence-electron chi connectivity index (χ3n) is 7.47. The van der Waals surface area contributed by atoms with E-state index in [0.29, 0.717) is 18.0 Å². The van der Waals surface area contributed by atoms with Crippen LogP contribution in [0.2, 0.25) is 0 Å². The monoisotopic (exact) mass is 483 g/mol. The fourth-order valence-electron chi connectivity index (χ4n) is 5.56. The van der Waals surface area contributed by atoms with Gasteiger partial charge in [-0.05, 0) is 49.1 Å². The zero-order valence-electron chi connectivity index (χ0n) is 21.2. The van der Waals surface area contributed by atoms with Crippen LogP contribution in [0, 0.1) is 6.92 Å². The standard InChI is InChI=1S/C28H33N7O/c1-4-9-29-22-10-25(28-19(2)12-32-35(28)16-22)21-6-7-26(30-14-21)33-17-23-11-24(18-33)34(23)15-20-5-8-27(36-3)31-13-20/h5-8,10,12-14,16,23-24,29H,4,9,11,15,17-18H2,1-3H3. The first-order valence-electron chi connectivity index (χ1n) is 12.8. The lowest BCUT2D eigenvalue weighted by Crippen LogP contribution is -2.68. The molecule has 7 heterocycles. The molecule has 8 nitrogen and oxygen atoms in total. The van der Waals surface area contributed by atoms with Crippen molar-refractivity contribution in [1.29, 1.82) is 0 Å². The van der Waals surface area contributed by atoms with E-state index in [0.717, 1.165) is 60.7 Å². The average molecular weight is 484 g/mol. The van der Waals surface area contributed by atoms with Gasteiger partial charge in [0.15, 0.2) is 0 Å². The number of piperazine rings is 1. The molecule has 2 bridgehead atoms. The molecule has 0 amide bonds. The third kappa shape index (κ3) is 4.15. The fourth-order valence-corrected chi connectivity index (χ4v) is 5.56. The van der Waals surface area contributed by atoms with Crippen molar-refractivity contribution in [2.75, 3.05) is 37.0 Å². The number of methoxy groups -OCH3 is 1. The van der Waals surface area contributed by atoms with Crippen LogP contribution < -0.4 is 15.0 Å². The SMILES string of the molecule is CCCNc1cc(-c2ccc(N3CC4CC(C3)N4Cc3ccc(OC)nc3)nc2)c2c(C)cnn2c1. The number of pyridine rings is 3. The first-order chi connectivity index (χ1) is 17.6. The second kappa shape index (κ2) is 9.43. The molecule has 186 valence electrons. The Balaban J connectivity index is 1.17. The van der Waals surface area contributed by atoms with Gasteiger partial charge in [0, 0.05) is 67.8 Å². The number of aryl methyl sites for hydroxylation is 1. The van der Waals surface area contributed by atoms with Crippen LogP contribution in [0.15, 0.2) is 55.1 Å². The maximum atomic E-state index is 5.19. The quantitative estimate of drug-likeness (QED) is 0.398. The molecule has 3 aliphatic rings. The number of hydrogen-bond acceptors (Lipinski definition) is 7. The van der Waals surface area contributed by atoms with E-state index < -0.39 is 0 Å². The summed E-state index contributed by atoms with van der Waals surface area (Å²) in [6.45, 7) is 8.18. The molecule has 0 aromatic carbocycles. The maximum Gasteiger partial charge on any atom is 0.212 e. The van der Waals surface area contributed by atoms with Crippen molar-refractivity contribution >= 4 is 17.0 Å². The second-order valence-corrected chi connectivity index (χ2v) is 9.92. The lowest BCUT2D eigenvalue weighted by Gasteiger charge is -2.56. The first kappa shape index (κ1) is 22.8. The van der Waals surface area contributed by atoms with Gasteiger partial charge in [0.25, 0.3) is 0 Å². The van der Waals surface area contributed by atoms with Gasteiger partial charge in [-0.15, -0.1) is 0 Å². The number of hydrogen-bond donors (Lipinski definition) is 1. The lowest BCUT2D eigenvalue weighted by atomic mass is 9.87. The normalized spacial score (nSPS) is 19.4. The van der Waals surface area contributed by atoms with E-state index in [4.69, 9.17) is 9.72 Å².